The molecular weight excluding hydrogens is 376 g/mol. The van der Waals surface area contributed by atoms with E-state index >= 15 is 0 Å². The maximum Gasteiger partial charge on any atom is 0.317 e. The highest BCUT2D eigenvalue weighted by atomic mass is 16.5. The number of ether oxygens (including phenoxy) is 1. The summed E-state index contributed by atoms with van der Waals surface area (Å²) in [6.45, 7) is 2.18. The van der Waals surface area contributed by atoms with Crippen molar-refractivity contribution in [3.05, 3.63) is 71.9 Å². The second-order valence-corrected chi connectivity index (χ2v) is 7.67. The summed E-state index contributed by atoms with van der Waals surface area (Å²) in [7, 11) is 1.67. The number of nitrogens with one attached hydrogen (secondary N) is 2. The molecule has 1 saturated heterocycles. The monoisotopic (exact) mass is 404 g/mol. The second kappa shape index (κ2) is 9.48. The quantitative estimate of drug-likeness (QED) is 0.646. The van der Waals surface area contributed by atoms with E-state index in [9.17, 15) is 4.79 Å². The van der Waals surface area contributed by atoms with Gasteiger partial charge in [0, 0.05) is 36.8 Å². The fraction of sp³-hybridized carbons (Fsp3) is 0.333. The van der Waals surface area contributed by atoms with Crippen molar-refractivity contribution >= 4 is 6.03 Å². The number of piperidine rings is 1. The fourth-order valence-electron chi connectivity index (χ4n) is 3.94. The molecule has 1 fully saturated rings. The van der Waals surface area contributed by atoms with Crippen LogP contribution in [0.1, 0.15) is 30.0 Å². The van der Waals surface area contributed by atoms with Gasteiger partial charge in [0.05, 0.1) is 12.8 Å². The second-order valence-electron chi connectivity index (χ2n) is 7.67. The number of carbonyl (C=O) groups is 1. The minimum Gasteiger partial charge on any atom is -0.497 e. The normalized spacial score (nSPS) is 14.5. The van der Waals surface area contributed by atoms with Crippen LogP contribution in [-0.2, 0) is 6.42 Å². The summed E-state index contributed by atoms with van der Waals surface area (Å²) in [4.78, 5) is 14.4. The molecule has 2 heterocycles. The zero-order valence-corrected chi connectivity index (χ0v) is 17.3. The Morgan fingerprint density at radius 1 is 1.13 bits per heavy atom. The number of urea groups is 1. The molecule has 3 aromatic rings. The first-order chi connectivity index (χ1) is 14.7. The Morgan fingerprint density at radius 3 is 2.70 bits per heavy atom. The Hall–Kier alpha value is -3.28. The molecule has 1 aliphatic heterocycles. The minimum atomic E-state index is 0.0334. The predicted molar refractivity (Wildman–Crippen MR) is 118 cm³/mol. The largest absolute Gasteiger partial charge is 0.497 e. The summed E-state index contributed by atoms with van der Waals surface area (Å²) in [5, 5.41) is 10.7. The molecule has 6 heteroatoms. The van der Waals surface area contributed by atoms with E-state index in [4.69, 9.17) is 4.74 Å². The Kier molecular flexibility index (Phi) is 6.32. The summed E-state index contributed by atoms with van der Waals surface area (Å²) < 4.78 is 5.31. The summed E-state index contributed by atoms with van der Waals surface area (Å²) in [6, 6.07) is 20.3. The molecule has 0 saturated carbocycles. The minimum absolute atomic E-state index is 0.0334. The molecule has 1 aliphatic rings. The number of nitrogens with zero attached hydrogens (tertiary/aromatic N) is 2. The number of aromatic nitrogens is 2. The van der Waals surface area contributed by atoms with Crippen molar-refractivity contribution in [1.29, 1.82) is 0 Å². The van der Waals surface area contributed by atoms with Gasteiger partial charge < -0.3 is 15.0 Å². The number of aromatic amines is 1. The molecule has 2 amide bonds. The van der Waals surface area contributed by atoms with Gasteiger partial charge in [-0.15, -0.1) is 0 Å². The third-order valence-corrected chi connectivity index (χ3v) is 5.72. The van der Waals surface area contributed by atoms with E-state index in [-0.39, 0.29) is 6.03 Å². The number of amides is 2. The molecule has 30 heavy (non-hydrogen) atoms. The molecule has 156 valence electrons. The van der Waals surface area contributed by atoms with Crippen molar-refractivity contribution in [3.8, 4) is 17.0 Å². The van der Waals surface area contributed by atoms with Gasteiger partial charge in [-0.25, -0.2) is 4.79 Å². The number of methoxy groups -OCH3 is 1. The van der Waals surface area contributed by atoms with E-state index in [0.29, 0.717) is 12.5 Å². The lowest BCUT2D eigenvalue weighted by molar-refractivity contribution is 0.181. The highest BCUT2D eigenvalue weighted by Crippen LogP contribution is 2.30. The lowest BCUT2D eigenvalue weighted by Crippen LogP contribution is -2.44. The van der Waals surface area contributed by atoms with Crippen LogP contribution in [0, 0.1) is 0 Å². The summed E-state index contributed by atoms with van der Waals surface area (Å²) in [5.41, 5.74) is 4.33. The van der Waals surface area contributed by atoms with E-state index in [1.54, 1.807) is 7.11 Å². The first-order valence-corrected chi connectivity index (χ1v) is 10.5. The molecule has 1 aromatic heterocycles. The molecule has 0 spiro atoms. The first kappa shape index (κ1) is 20.0. The number of rotatable bonds is 6. The summed E-state index contributed by atoms with van der Waals surface area (Å²) in [5.74, 6) is 1.22. The molecular formula is C24H28N4O2. The number of H-pyrrole nitrogens is 1. The van der Waals surface area contributed by atoms with Crippen LogP contribution in [0.15, 0.2) is 60.7 Å². The van der Waals surface area contributed by atoms with E-state index in [1.165, 1.54) is 5.56 Å². The third-order valence-electron chi connectivity index (χ3n) is 5.72. The van der Waals surface area contributed by atoms with Crippen LogP contribution in [-0.4, -0.2) is 47.9 Å². The van der Waals surface area contributed by atoms with Crippen molar-refractivity contribution in [3.63, 3.8) is 0 Å². The van der Waals surface area contributed by atoms with Crippen LogP contribution in [0.3, 0.4) is 0 Å². The van der Waals surface area contributed by atoms with E-state index in [2.05, 4.69) is 33.7 Å². The van der Waals surface area contributed by atoms with Crippen molar-refractivity contribution in [2.45, 2.75) is 25.2 Å². The van der Waals surface area contributed by atoms with Crippen LogP contribution in [0.25, 0.3) is 11.3 Å². The highest BCUT2D eigenvalue weighted by Gasteiger charge is 2.25. The number of hydrogen-bond acceptors (Lipinski definition) is 3. The number of carbonyl (C=O) groups excluding carboxylic acids is 1. The Morgan fingerprint density at radius 2 is 1.93 bits per heavy atom. The molecule has 0 radical (unpaired) electrons. The number of benzene rings is 2. The Bertz CT molecular complexity index is 962. The van der Waals surface area contributed by atoms with Crippen LogP contribution >= 0.6 is 0 Å². The molecule has 0 unspecified atom stereocenters. The average molecular weight is 405 g/mol. The molecule has 0 aliphatic carbocycles. The number of likely N-dealkylation sites (tertiary alicyclic amines) is 1. The lowest BCUT2D eigenvalue weighted by Gasteiger charge is -2.31. The molecule has 2 aromatic carbocycles. The van der Waals surface area contributed by atoms with Gasteiger partial charge >= 0.3 is 6.03 Å². The van der Waals surface area contributed by atoms with Crippen molar-refractivity contribution in [2.24, 2.45) is 0 Å². The van der Waals surface area contributed by atoms with Crippen molar-refractivity contribution < 1.29 is 9.53 Å². The van der Waals surface area contributed by atoms with Crippen LogP contribution in [0.5, 0.6) is 5.75 Å². The summed E-state index contributed by atoms with van der Waals surface area (Å²) in [6.07, 6.45) is 2.72. The maximum atomic E-state index is 12.5. The van der Waals surface area contributed by atoms with E-state index < -0.39 is 0 Å². The maximum absolute atomic E-state index is 12.5. The topological polar surface area (TPSA) is 70.2 Å². The molecule has 0 atom stereocenters. The summed E-state index contributed by atoms with van der Waals surface area (Å²) >= 11 is 0. The van der Waals surface area contributed by atoms with Gasteiger partial charge in [-0.3, -0.25) is 5.10 Å². The third kappa shape index (κ3) is 4.82. The van der Waals surface area contributed by atoms with Crippen LogP contribution in [0.4, 0.5) is 4.79 Å². The fourth-order valence-corrected chi connectivity index (χ4v) is 3.94. The SMILES string of the molecule is COc1cccc(-c2cc(C3CCN(C(=O)NCCc4ccccc4)CC3)[nH]n2)c1. The average Bonchev–Trinajstić information content (AvgIpc) is 3.30. The van der Waals surface area contributed by atoms with Gasteiger partial charge in [0.2, 0.25) is 0 Å². The van der Waals surface area contributed by atoms with Gasteiger partial charge in [-0.1, -0.05) is 42.5 Å². The molecule has 6 nitrogen and oxygen atoms in total. The smallest absolute Gasteiger partial charge is 0.317 e. The van der Waals surface area contributed by atoms with Gasteiger partial charge in [-0.2, -0.15) is 5.10 Å². The first-order valence-electron chi connectivity index (χ1n) is 10.5. The lowest BCUT2D eigenvalue weighted by atomic mass is 9.93. The number of hydrogen-bond donors (Lipinski definition) is 2. The molecule has 2 N–H and O–H groups in total. The van der Waals surface area contributed by atoms with Crippen molar-refractivity contribution in [2.75, 3.05) is 26.7 Å². The van der Waals surface area contributed by atoms with Gasteiger partial charge in [0.15, 0.2) is 0 Å². The molecule has 0 bridgehead atoms. The Balaban J connectivity index is 1.27. The standard InChI is InChI=1S/C24H28N4O2/c1-30-21-9-5-8-20(16-21)23-17-22(26-27-23)19-11-14-28(15-12-19)24(29)25-13-10-18-6-3-2-4-7-18/h2-9,16-17,19H,10-15H2,1H3,(H,25,29)(H,26,27). The van der Waals surface area contributed by atoms with Crippen LogP contribution in [0.2, 0.25) is 0 Å². The predicted octanol–water partition coefficient (Wildman–Crippen LogP) is 4.22. The van der Waals surface area contributed by atoms with Gasteiger partial charge in [0.25, 0.3) is 0 Å². The van der Waals surface area contributed by atoms with Crippen molar-refractivity contribution in [1.82, 2.24) is 20.4 Å². The highest BCUT2D eigenvalue weighted by molar-refractivity contribution is 5.74. The zero-order chi connectivity index (χ0) is 20.8. The Labute approximate surface area is 177 Å². The zero-order valence-electron chi connectivity index (χ0n) is 17.3. The van der Waals surface area contributed by atoms with E-state index in [0.717, 1.165) is 55.1 Å². The van der Waals surface area contributed by atoms with Gasteiger partial charge in [-0.05, 0) is 43.0 Å². The van der Waals surface area contributed by atoms with E-state index in [1.807, 2.05) is 47.4 Å². The van der Waals surface area contributed by atoms with Crippen LogP contribution < -0.4 is 10.1 Å². The molecule has 4 rings (SSSR count). The van der Waals surface area contributed by atoms with Gasteiger partial charge in [0.1, 0.15) is 5.75 Å².